The quantitative estimate of drug-likeness (QED) is 0.333. The van der Waals surface area contributed by atoms with Gasteiger partial charge in [-0.1, -0.05) is 31.4 Å². The van der Waals surface area contributed by atoms with Gasteiger partial charge in [0.15, 0.2) is 5.92 Å². The van der Waals surface area contributed by atoms with E-state index in [1.54, 1.807) is 0 Å². The lowest BCUT2D eigenvalue weighted by atomic mass is 9.79. The highest BCUT2D eigenvalue weighted by atomic mass is 16.5. The second-order valence-electron chi connectivity index (χ2n) is 5.33. The van der Waals surface area contributed by atoms with Crippen molar-refractivity contribution in [3.05, 3.63) is 12.2 Å². The van der Waals surface area contributed by atoms with Crippen molar-refractivity contribution in [2.45, 2.75) is 51.1 Å². The topological polar surface area (TPSA) is 46.6 Å². The molecule has 4 heteroatoms. The van der Waals surface area contributed by atoms with Crippen LogP contribution in [-0.2, 0) is 14.3 Å². The Bertz CT molecular complexity index is 371. The van der Waals surface area contributed by atoms with Crippen LogP contribution in [0.1, 0.15) is 39.0 Å². The summed E-state index contributed by atoms with van der Waals surface area (Å²) in [6.45, 7) is 5.80. The molecule has 0 bridgehead atoms. The molecule has 1 aliphatic heterocycles. The molecule has 2 aliphatic rings. The van der Waals surface area contributed by atoms with Gasteiger partial charge in [0.2, 0.25) is 5.91 Å². The molecule has 0 aromatic carbocycles. The van der Waals surface area contributed by atoms with Crippen LogP contribution in [0.15, 0.2) is 12.2 Å². The van der Waals surface area contributed by atoms with Crippen LogP contribution in [0, 0.1) is 5.92 Å². The van der Waals surface area contributed by atoms with Gasteiger partial charge in [-0.15, -0.1) is 0 Å². The van der Waals surface area contributed by atoms with Crippen LogP contribution >= 0.6 is 0 Å². The molecule has 1 amide bonds. The summed E-state index contributed by atoms with van der Waals surface area (Å²) < 4.78 is 4.71. The molecule has 0 aromatic rings. The fraction of sp³-hybridized carbons (Fsp3) is 0.714. The number of amides is 1. The van der Waals surface area contributed by atoms with Gasteiger partial charge in [-0.25, -0.2) is 0 Å². The van der Waals surface area contributed by atoms with E-state index in [0.717, 1.165) is 18.4 Å². The SMILES string of the molecule is C=C(C)[C@H]1[C@H](C(=O)OC)C(=O)N1C1CCCCC1. The highest BCUT2D eigenvalue weighted by Gasteiger charge is 2.54. The molecule has 100 valence electrons. The zero-order valence-electron chi connectivity index (χ0n) is 11.1. The van der Waals surface area contributed by atoms with Crippen molar-refractivity contribution in [1.29, 1.82) is 0 Å². The predicted molar refractivity (Wildman–Crippen MR) is 67.8 cm³/mol. The molecule has 1 heterocycles. The van der Waals surface area contributed by atoms with Gasteiger partial charge in [-0.05, 0) is 19.8 Å². The Hall–Kier alpha value is -1.32. The Labute approximate surface area is 108 Å². The Morgan fingerprint density at radius 1 is 1.33 bits per heavy atom. The normalized spacial score (nSPS) is 28.8. The van der Waals surface area contributed by atoms with Crippen molar-refractivity contribution in [3.8, 4) is 0 Å². The van der Waals surface area contributed by atoms with Crippen molar-refractivity contribution in [3.63, 3.8) is 0 Å². The number of rotatable bonds is 3. The van der Waals surface area contributed by atoms with Gasteiger partial charge in [0.1, 0.15) is 0 Å². The van der Waals surface area contributed by atoms with E-state index in [2.05, 4.69) is 6.58 Å². The number of methoxy groups -OCH3 is 1. The summed E-state index contributed by atoms with van der Waals surface area (Å²) in [6.07, 6.45) is 5.67. The lowest BCUT2D eigenvalue weighted by Gasteiger charge is -2.51. The van der Waals surface area contributed by atoms with Crippen molar-refractivity contribution < 1.29 is 14.3 Å². The summed E-state index contributed by atoms with van der Waals surface area (Å²) >= 11 is 0. The number of likely N-dealkylation sites (tertiary alicyclic amines) is 1. The molecule has 1 saturated carbocycles. The number of β-lactam (4-membered cyclic amide) rings is 1. The van der Waals surface area contributed by atoms with E-state index < -0.39 is 11.9 Å². The molecule has 0 spiro atoms. The van der Waals surface area contributed by atoms with Crippen LogP contribution in [0.3, 0.4) is 0 Å². The average molecular weight is 251 g/mol. The van der Waals surface area contributed by atoms with Crippen LogP contribution in [-0.4, -0.2) is 36.0 Å². The van der Waals surface area contributed by atoms with Crippen LogP contribution in [0.25, 0.3) is 0 Å². The summed E-state index contributed by atoms with van der Waals surface area (Å²) in [4.78, 5) is 25.7. The summed E-state index contributed by atoms with van der Waals surface area (Å²) in [6, 6.07) is 0.127. The summed E-state index contributed by atoms with van der Waals surface area (Å²) in [5.41, 5.74) is 0.871. The third-order valence-electron chi connectivity index (χ3n) is 4.06. The van der Waals surface area contributed by atoms with Crippen molar-refractivity contribution >= 4 is 11.9 Å². The second-order valence-corrected chi connectivity index (χ2v) is 5.33. The molecule has 0 aromatic heterocycles. The van der Waals surface area contributed by atoms with Crippen molar-refractivity contribution in [2.75, 3.05) is 7.11 Å². The third-order valence-corrected chi connectivity index (χ3v) is 4.06. The van der Waals surface area contributed by atoms with Crippen molar-refractivity contribution in [2.24, 2.45) is 5.92 Å². The maximum atomic E-state index is 12.2. The van der Waals surface area contributed by atoms with E-state index in [-0.39, 0.29) is 18.0 Å². The molecule has 0 unspecified atom stereocenters. The van der Waals surface area contributed by atoms with E-state index in [0.29, 0.717) is 0 Å². The van der Waals surface area contributed by atoms with E-state index in [1.165, 1.54) is 26.4 Å². The highest BCUT2D eigenvalue weighted by Crippen LogP contribution is 2.38. The van der Waals surface area contributed by atoms with Gasteiger partial charge in [0, 0.05) is 6.04 Å². The van der Waals surface area contributed by atoms with Crippen LogP contribution < -0.4 is 0 Å². The van der Waals surface area contributed by atoms with Gasteiger partial charge < -0.3 is 9.64 Å². The largest absolute Gasteiger partial charge is 0.468 e. The first-order valence-corrected chi connectivity index (χ1v) is 6.63. The first-order valence-electron chi connectivity index (χ1n) is 6.63. The molecule has 0 radical (unpaired) electrons. The Morgan fingerprint density at radius 3 is 2.44 bits per heavy atom. The number of hydrogen-bond acceptors (Lipinski definition) is 3. The van der Waals surface area contributed by atoms with Gasteiger partial charge >= 0.3 is 5.97 Å². The van der Waals surface area contributed by atoms with Crippen molar-refractivity contribution in [1.82, 2.24) is 4.90 Å². The van der Waals surface area contributed by atoms with Crippen LogP contribution in [0.5, 0.6) is 0 Å². The van der Waals surface area contributed by atoms with E-state index in [1.807, 2.05) is 11.8 Å². The van der Waals surface area contributed by atoms with Crippen LogP contribution in [0.2, 0.25) is 0 Å². The van der Waals surface area contributed by atoms with Crippen LogP contribution in [0.4, 0.5) is 0 Å². The van der Waals surface area contributed by atoms with Gasteiger partial charge in [-0.2, -0.15) is 0 Å². The molecular formula is C14H21NO3. The smallest absolute Gasteiger partial charge is 0.320 e. The maximum Gasteiger partial charge on any atom is 0.320 e. The van der Waals surface area contributed by atoms with Gasteiger partial charge in [0.25, 0.3) is 0 Å². The maximum absolute atomic E-state index is 12.2. The predicted octanol–water partition coefficient (Wildman–Crippen LogP) is 1.90. The first-order chi connectivity index (χ1) is 8.57. The number of hydrogen-bond donors (Lipinski definition) is 0. The number of carbonyl (C=O) groups excluding carboxylic acids is 2. The van der Waals surface area contributed by atoms with E-state index in [4.69, 9.17) is 4.74 Å². The molecule has 1 saturated heterocycles. The fourth-order valence-corrected chi connectivity index (χ4v) is 3.16. The Kier molecular flexibility index (Phi) is 3.73. The third kappa shape index (κ3) is 2.04. The molecule has 2 rings (SSSR count). The highest BCUT2D eigenvalue weighted by molar-refractivity contribution is 6.04. The summed E-state index contributed by atoms with van der Waals surface area (Å²) in [5, 5.41) is 0. The molecular weight excluding hydrogens is 230 g/mol. The summed E-state index contributed by atoms with van der Waals surface area (Å²) in [5.74, 6) is -1.17. The van der Waals surface area contributed by atoms with E-state index in [9.17, 15) is 9.59 Å². The van der Waals surface area contributed by atoms with E-state index >= 15 is 0 Å². The molecule has 18 heavy (non-hydrogen) atoms. The monoisotopic (exact) mass is 251 g/mol. The molecule has 4 nitrogen and oxygen atoms in total. The standard InChI is InChI=1S/C14H21NO3/c1-9(2)12-11(14(17)18-3)13(16)15(12)10-7-5-4-6-8-10/h10-12H,1,4-8H2,2-3H3/t11-,12-/m0/s1. The number of ether oxygens (including phenoxy) is 1. The first kappa shape index (κ1) is 13.1. The van der Waals surface area contributed by atoms with Gasteiger partial charge in [0.05, 0.1) is 13.2 Å². The zero-order chi connectivity index (χ0) is 13.3. The number of carbonyl (C=O) groups is 2. The second kappa shape index (κ2) is 5.12. The molecule has 0 N–H and O–H groups in total. The molecule has 2 atom stereocenters. The number of nitrogens with zero attached hydrogens (tertiary/aromatic N) is 1. The lowest BCUT2D eigenvalue weighted by Crippen LogP contribution is -2.67. The lowest BCUT2D eigenvalue weighted by molar-refractivity contribution is -0.173. The zero-order valence-corrected chi connectivity index (χ0v) is 11.1. The molecule has 2 fully saturated rings. The Balaban J connectivity index is 2.13. The fourth-order valence-electron chi connectivity index (χ4n) is 3.16. The van der Waals surface area contributed by atoms with Gasteiger partial charge in [-0.3, -0.25) is 9.59 Å². The summed E-state index contributed by atoms with van der Waals surface area (Å²) in [7, 11) is 1.33. The Morgan fingerprint density at radius 2 is 1.94 bits per heavy atom. The molecule has 1 aliphatic carbocycles. The average Bonchev–Trinajstić information content (AvgIpc) is 2.36. The minimum atomic E-state index is -0.658. The minimum absolute atomic E-state index is 0.0817. The minimum Gasteiger partial charge on any atom is -0.468 e. The number of esters is 1.